The van der Waals surface area contributed by atoms with E-state index < -0.39 is 0 Å². The van der Waals surface area contributed by atoms with Gasteiger partial charge in [-0.3, -0.25) is 4.79 Å². The normalized spacial score (nSPS) is 10.3. The first-order valence-corrected chi connectivity index (χ1v) is 8.23. The molecule has 5 heteroatoms. The van der Waals surface area contributed by atoms with E-state index in [1.807, 2.05) is 48.5 Å². The molecule has 1 amide bonds. The van der Waals surface area contributed by atoms with E-state index in [0.717, 1.165) is 18.8 Å². The minimum Gasteiger partial charge on any atom is -0.337 e. The fraction of sp³-hybridized carbons (Fsp3) is 0.150. The van der Waals surface area contributed by atoms with E-state index in [2.05, 4.69) is 39.2 Å². The second-order valence-corrected chi connectivity index (χ2v) is 5.59. The van der Waals surface area contributed by atoms with Crippen LogP contribution < -0.4 is 10.2 Å². The van der Waals surface area contributed by atoms with Crippen molar-refractivity contribution in [3.8, 4) is 0 Å². The maximum Gasteiger partial charge on any atom is 0.258 e. The first kappa shape index (κ1) is 16.6. The average Bonchev–Trinajstić information content (AvgIpc) is 2.68. The number of nitrogens with zero attached hydrogens (tertiary/aromatic N) is 3. The van der Waals surface area contributed by atoms with E-state index in [9.17, 15) is 4.79 Å². The molecule has 0 radical (unpaired) electrons. The largest absolute Gasteiger partial charge is 0.337 e. The predicted molar refractivity (Wildman–Crippen MR) is 99.6 cm³/mol. The van der Waals surface area contributed by atoms with Crippen molar-refractivity contribution in [2.75, 3.05) is 16.8 Å². The monoisotopic (exact) mass is 332 g/mol. The molecule has 0 saturated heterocycles. The highest BCUT2D eigenvalue weighted by atomic mass is 16.1. The molecule has 0 aliphatic rings. The topological polar surface area (TPSA) is 58.1 Å². The number of amides is 1. The van der Waals surface area contributed by atoms with Crippen molar-refractivity contribution in [3.05, 3.63) is 84.2 Å². The fourth-order valence-electron chi connectivity index (χ4n) is 2.45. The summed E-state index contributed by atoms with van der Waals surface area (Å²) < 4.78 is 0. The zero-order chi connectivity index (χ0) is 17.5. The first-order chi connectivity index (χ1) is 12.3. The highest BCUT2D eigenvalue weighted by Crippen LogP contribution is 2.13. The average molecular weight is 332 g/mol. The van der Waals surface area contributed by atoms with Crippen molar-refractivity contribution in [1.29, 1.82) is 0 Å². The molecule has 3 aromatic rings. The fourth-order valence-corrected chi connectivity index (χ4v) is 2.45. The number of hydrogen-bond acceptors (Lipinski definition) is 4. The number of benzene rings is 2. The Morgan fingerprint density at radius 1 is 0.960 bits per heavy atom. The highest BCUT2D eigenvalue weighted by Gasteiger charge is 2.11. The highest BCUT2D eigenvalue weighted by molar-refractivity contribution is 6.03. The van der Waals surface area contributed by atoms with Crippen LogP contribution in [0.25, 0.3) is 0 Å². The van der Waals surface area contributed by atoms with E-state index in [-0.39, 0.29) is 5.91 Å². The van der Waals surface area contributed by atoms with Crippen LogP contribution >= 0.6 is 0 Å². The lowest BCUT2D eigenvalue weighted by Gasteiger charge is -2.20. The molecule has 126 valence electrons. The summed E-state index contributed by atoms with van der Waals surface area (Å²) in [5.74, 6) is 0.395. The number of anilines is 2. The number of carbonyl (C=O) groups excluding carboxylic acids is 1. The standard InChI is InChI=1S/C20H20N4O/c1-2-24(15-16-9-5-3-6-10-16)20-21-13-17(14-22-20)19(25)23-18-11-7-4-8-12-18/h3-14H,2,15H2,1H3,(H,23,25). The van der Waals surface area contributed by atoms with Crippen LogP contribution in [0, 0.1) is 0 Å². The van der Waals surface area contributed by atoms with Gasteiger partial charge in [0.2, 0.25) is 5.95 Å². The van der Waals surface area contributed by atoms with Gasteiger partial charge in [-0.25, -0.2) is 9.97 Å². The lowest BCUT2D eigenvalue weighted by Crippen LogP contribution is -2.24. The summed E-state index contributed by atoms with van der Waals surface area (Å²) >= 11 is 0. The Balaban J connectivity index is 1.69. The summed E-state index contributed by atoms with van der Waals surface area (Å²) in [5, 5.41) is 2.83. The molecular weight excluding hydrogens is 312 g/mol. The van der Waals surface area contributed by atoms with Crippen molar-refractivity contribution in [2.24, 2.45) is 0 Å². The number of rotatable bonds is 6. The van der Waals surface area contributed by atoms with E-state index in [1.54, 1.807) is 12.4 Å². The molecule has 1 aromatic heterocycles. The summed E-state index contributed by atoms with van der Waals surface area (Å²) in [6, 6.07) is 19.5. The number of para-hydroxylation sites is 1. The SMILES string of the molecule is CCN(Cc1ccccc1)c1ncc(C(=O)Nc2ccccc2)cn1. The van der Waals surface area contributed by atoms with Gasteiger partial charge in [0, 0.05) is 31.2 Å². The molecule has 0 fully saturated rings. The quantitative estimate of drug-likeness (QED) is 0.747. The smallest absolute Gasteiger partial charge is 0.258 e. The van der Waals surface area contributed by atoms with Crippen molar-refractivity contribution in [2.45, 2.75) is 13.5 Å². The molecule has 1 N–H and O–H groups in total. The molecular formula is C20H20N4O. The van der Waals surface area contributed by atoms with Crippen LogP contribution in [0.15, 0.2) is 73.1 Å². The van der Waals surface area contributed by atoms with Gasteiger partial charge in [0.1, 0.15) is 0 Å². The van der Waals surface area contributed by atoms with Gasteiger partial charge >= 0.3 is 0 Å². The molecule has 1 heterocycles. The maximum atomic E-state index is 12.3. The van der Waals surface area contributed by atoms with Crippen LogP contribution in [-0.2, 0) is 6.54 Å². The number of nitrogens with one attached hydrogen (secondary N) is 1. The van der Waals surface area contributed by atoms with Gasteiger partial charge in [-0.05, 0) is 24.6 Å². The summed E-state index contributed by atoms with van der Waals surface area (Å²) in [6.45, 7) is 3.57. The van der Waals surface area contributed by atoms with E-state index in [0.29, 0.717) is 11.5 Å². The lowest BCUT2D eigenvalue weighted by atomic mass is 10.2. The van der Waals surface area contributed by atoms with Crippen molar-refractivity contribution >= 4 is 17.5 Å². The molecule has 0 aliphatic heterocycles. The van der Waals surface area contributed by atoms with Gasteiger partial charge in [-0.15, -0.1) is 0 Å². The molecule has 3 rings (SSSR count). The second kappa shape index (κ2) is 8.06. The molecule has 0 unspecified atom stereocenters. The molecule has 0 aliphatic carbocycles. The first-order valence-electron chi connectivity index (χ1n) is 8.23. The number of hydrogen-bond donors (Lipinski definition) is 1. The van der Waals surface area contributed by atoms with Crippen molar-refractivity contribution in [3.63, 3.8) is 0 Å². The van der Waals surface area contributed by atoms with Gasteiger partial charge in [0.15, 0.2) is 0 Å². The van der Waals surface area contributed by atoms with Gasteiger partial charge in [-0.1, -0.05) is 48.5 Å². The zero-order valence-corrected chi connectivity index (χ0v) is 14.1. The molecule has 0 saturated carbocycles. The van der Waals surface area contributed by atoms with Gasteiger partial charge in [0.05, 0.1) is 5.56 Å². The molecule has 0 spiro atoms. The number of aromatic nitrogens is 2. The van der Waals surface area contributed by atoms with Crippen LogP contribution in [-0.4, -0.2) is 22.4 Å². The van der Waals surface area contributed by atoms with Crippen molar-refractivity contribution < 1.29 is 4.79 Å². The molecule has 5 nitrogen and oxygen atoms in total. The second-order valence-electron chi connectivity index (χ2n) is 5.59. The predicted octanol–water partition coefficient (Wildman–Crippen LogP) is 3.76. The molecule has 0 atom stereocenters. The Labute approximate surface area is 147 Å². The minimum absolute atomic E-state index is 0.219. The van der Waals surface area contributed by atoms with Crippen LogP contribution in [0.1, 0.15) is 22.8 Å². The van der Waals surface area contributed by atoms with Crippen LogP contribution in [0.2, 0.25) is 0 Å². The van der Waals surface area contributed by atoms with Gasteiger partial charge in [0.25, 0.3) is 5.91 Å². The Kier molecular flexibility index (Phi) is 5.36. The van der Waals surface area contributed by atoms with E-state index >= 15 is 0 Å². The van der Waals surface area contributed by atoms with E-state index in [1.165, 1.54) is 5.56 Å². The lowest BCUT2D eigenvalue weighted by molar-refractivity contribution is 0.102. The molecule has 2 aromatic carbocycles. The Hall–Kier alpha value is -3.21. The Morgan fingerprint density at radius 2 is 1.56 bits per heavy atom. The third-order valence-electron chi connectivity index (χ3n) is 3.81. The third-order valence-corrected chi connectivity index (χ3v) is 3.81. The Bertz CT molecular complexity index is 804. The summed E-state index contributed by atoms with van der Waals surface area (Å²) in [5.41, 5.74) is 2.37. The third kappa shape index (κ3) is 4.41. The van der Waals surface area contributed by atoms with Crippen LogP contribution in [0.4, 0.5) is 11.6 Å². The molecule has 0 bridgehead atoms. The Morgan fingerprint density at radius 3 is 2.16 bits per heavy atom. The van der Waals surface area contributed by atoms with Crippen LogP contribution in [0.3, 0.4) is 0 Å². The summed E-state index contributed by atoms with van der Waals surface area (Å²) in [4.78, 5) is 23.0. The minimum atomic E-state index is -0.219. The van der Waals surface area contributed by atoms with Gasteiger partial charge in [-0.2, -0.15) is 0 Å². The van der Waals surface area contributed by atoms with E-state index in [4.69, 9.17) is 0 Å². The van der Waals surface area contributed by atoms with Crippen LogP contribution in [0.5, 0.6) is 0 Å². The zero-order valence-electron chi connectivity index (χ0n) is 14.1. The number of carbonyl (C=O) groups is 1. The summed E-state index contributed by atoms with van der Waals surface area (Å²) in [6.07, 6.45) is 3.13. The molecule has 25 heavy (non-hydrogen) atoms. The van der Waals surface area contributed by atoms with Gasteiger partial charge < -0.3 is 10.2 Å². The summed E-state index contributed by atoms with van der Waals surface area (Å²) in [7, 11) is 0. The maximum absolute atomic E-state index is 12.3. The van der Waals surface area contributed by atoms with Crippen molar-refractivity contribution in [1.82, 2.24) is 9.97 Å².